The third kappa shape index (κ3) is 5.88. The van der Waals surface area contributed by atoms with Crippen LogP contribution >= 0.6 is 11.8 Å². The highest BCUT2D eigenvalue weighted by atomic mass is 32.2. The first-order valence-electron chi connectivity index (χ1n) is 5.58. The van der Waals surface area contributed by atoms with Crippen LogP contribution in [0, 0.1) is 5.92 Å². The van der Waals surface area contributed by atoms with E-state index >= 15 is 0 Å². The molecule has 0 saturated heterocycles. The van der Waals surface area contributed by atoms with Crippen molar-refractivity contribution in [3.05, 3.63) is 34.8 Å². The van der Waals surface area contributed by atoms with E-state index in [4.69, 9.17) is 0 Å². The first-order valence-corrected chi connectivity index (χ1v) is 6.81. The topological polar surface area (TPSA) is 0 Å². The molecule has 0 aromatic heterocycles. The third-order valence-corrected chi connectivity index (χ3v) is 3.74. The molecule has 1 unspecified atom stereocenters. The van der Waals surface area contributed by atoms with Crippen LogP contribution in [0.4, 0.5) is 0 Å². The van der Waals surface area contributed by atoms with Gasteiger partial charge in [0.1, 0.15) is 0 Å². The lowest BCUT2D eigenvalue weighted by Gasteiger charge is -2.09. The number of rotatable bonds is 6. The van der Waals surface area contributed by atoms with E-state index in [1.807, 2.05) is 17.8 Å². The Balaban J connectivity index is 4.60. The summed E-state index contributed by atoms with van der Waals surface area (Å²) in [7, 11) is 0. The molecule has 0 amide bonds. The van der Waals surface area contributed by atoms with Crippen molar-refractivity contribution in [2.45, 2.75) is 40.5 Å². The minimum Gasteiger partial charge on any atom is -0.134 e. The van der Waals surface area contributed by atoms with Gasteiger partial charge in [-0.1, -0.05) is 44.6 Å². The normalized spacial score (nSPS) is 15.9. The van der Waals surface area contributed by atoms with Gasteiger partial charge in [0.05, 0.1) is 0 Å². The molecular weight excluding hydrogens is 200 g/mol. The SMILES string of the molecule is C=C/C(=C/C(C)CC)C/C(C)=C(\C)SC. The van der Waals surface area contributed by atoms with E-state index in [1.54, 1.807) is 0 Å². The Morgan fingerprint density at radius 1 is 1.40 bits per heavy atom. The van der Waals surface area contributed by atoms with Crippen LogP contribution in [-0.4, -0.2) is 6.26 Å². The molecule has 0 aliphatic heterocycles. The van der Waals surface area contributed by atoms with Gasteiger partial charge in [-0.15, -0.1) is 11.8 Å². The highest BCUT2D eigenvalue weighted by molar-refractivity contribution is 8.02. The fraction of sp³-hybridized carbons (Fsp3) is 0.571. The molecule has 0 rings (SSSR count). The number of hydrogen-bond donors (Lipinski definition) is 0. The van der Waals surface area contributed by atoms with E-state index in [1.165, 1.54) is 22.5 Å². The number of hydrogen-bond acceptors (Lipinski definition) is 1. The van der Waals surface area contributed by atoms with Crippen molar-refractivity contribution in [3.8, 4) is 0 Å². The molecule has 0 radical (unpaired) electrons. The minimum atomic E-state index is 0.653. The van der Waals surface area contributed by atoms with Gasteiger partial charge in [0.25, 0.3) is 0 Å². The van der Waals surface area contributed by atoms with Gasteiger partial charge in [-0.05, 0) is 42.9 Å². The fourth-order valence-corrected chi connectivity index (χ4v) is 1.71. The van der Waals surface area contributed by atoms with Gasteiger partial charge >= 0.3 is 0 Å². The molecule has 0 aliphatic carbocycles. The van der Waals surface area contributed by atoms with Gasteiger partial charge < -0.3 is 0 Å². The summed E-state index contributed by atoms with van der Waals surface area (Å²) >= 11 is 1.83. The fourth-order valence-electron chi connectivity index (χ4n) is 1.29. The van der Waals surface area contributed by atoms with Crippen molar-refractivity contribution in [2.75, 3.05) is 6.26 Å². The molecule has 0 aliphatic rings. The van der Waals surface area contributed by atoms with Crippen molar-refractivity contribution >= 4 is 11.8 Å². The minimum absolute atomic E-state index is 0.653. The average molecular weight is 224 g/mol. The highest BCUT2D eigenvalue weighted by Crippen LogP contribution is 2.22. The predicted molar refractivity (Wildman–Crippen MR) is 74.2 cm³/mol. The maximum atomic E-state index is 3.89. The molecule has 86 valence electrons. The van der Waals surface area contributed by atoms with Gasteiger partial charge in [0, 0.05) is 0 Å². The van der Waals surface area contributed by atoms with Crippen molar-refractivity contribution in [1.29, 1.82) is 0 Å². The highest BCUT2D eigenvalue weighted by Gasteiger charge is 2.01. The van der Waals surface area contributed by atoms with Crippen LogP contribution in [0.25, 0.3) is 0 Å². The summed E-state index contributed by atoms with van der Waals surface area (Å²) in [6.07, 6.45) is 8.69. The van der Waals surface area contributed by atoms with Gasteiger partial charge in [0.2, 0.25) is 0 Å². The Hall–Kier alpha value is -0.430. The van der Waals surface area contributed by atoms with Crippen LogP contribution in [0.3, 0.4) is 0 Å². The summed E-state index contributed by atoms with van der Waals surface area (Å²) in [6, 6.07) is 0. The molecule has 1 atom stereocenters. The summed E-state index contributed by atoms with van der Waals surface area (Å²) in [5.41, 5.74) is 2.81. The summed E-state index contributed by atoms with van der Waals surface area (Å²) in [5.74, 6) is 0.653. The zero-order valence-electron chi connectivity index (χ0n) is 10.8. The quantitative estimate of drug-likeness (QED) is 0.559. The van der Waals surface area contributed by atoms with E-state index < -0.39 is 0 Å². The molecule has 0 aromatic carbocycles. The standard InChI is InChI=1S/C14H24S/c1-7-11(3)9-14(8-2)10-12(4)13(5)15-6/h8-9,11H,2,7,10H2,1,3-6H3/b13-12+,14-9-. The van der Waals surface area contributed by atoms with E-state index in [0.717, 1.165) is 6.42 Å². The monoisotopic (exact) mass is 224 g/mol. The van der Waals surface area contributed by atoms with Crippen molar-refractivity contribution in [2.24, 2.45) is 5.92 Å². The lowest BCUT2D eigenvalue weighted by atomic mass is 10.00. The lowest BCUT2D eigenvalue weighted by Crippen LogP contribution is -1.91. The van der Waals surface area contributed by atoms with E-state index in [-0.39, 0.29) is 0 Å². The first kappa shape index (κ1) is 14.6. The summed E-state index contributed by atoms with van der Waals surface area (Å²) < 4.78 is 0. The third-order valence-electron chi connectivity index (χ3n) is 2.78. The maximum absolute atomic E-state index is 3.89. The second kappa shape index (κ2) is 7.81. The smallest absolute Gasteiger partial charge is 0.00624 e. The predicted octanol–water partition coefficient (Wildman–Crippen LogP) is 5.19. The first-order chi connectivity index (χ1) is 7.04. The van der Waals surface area contributed by atoms with E-state index in [0.29, 0.717) is 5.92 Å². The second-order valence-corrected chi connectivity index (χ2v) is 5.07. The van der Waals surface area contributed by atoms with Gasteiger partial charge in [-0.3, -0.25) is 0 Å². The van der Waals surface area contributed by atoms with Crippen LogP contribution in [0.5, 0.6) is 0 Å². The molecular formula is C14H24S. The van der Waals surface area contributed by atoms with Crippen LogP contribution in [0.2, 0.25) is 0 Å². The molecule has 1 heteroatoms. The molecule has 0 fully saturated rings. The molecule has 0 aromatic rings. The van der Waals surface area contributed by atoms with Crippen LogP contribution in [0.15, 0.2) is 34.8 Å². The number of allylic oxidation sites excluding steroid dienone is 5. The average Bonchev–Trinajstić information content (AvgIpc) is 2.26. The van der Waals surface area contributed by atoms with E-state index in [2.05, 4.69) is 46.6 Å². The Morgan fingerprint density at radius 3 is 2.40 bits per heavy atom. The molecule has 0 nitrogen and oxygen atoms in total. The Bertz CT molecular complexity index is 259. The molecule has 0 N–H and O–H groups in total. The molecule has 15 heavy (non-hydrogen) atoms. The Morgan fingerprint density at radius 2 is 2.00 bits per heavy atom. The second-order valence-electron chi connectivity index (χ2n) is 4.05. The maximum Gasteiger partial charge on any atom is -0.00624 e. The Labute approximate surface area is 99.5 Å². The van der Waals surface area contributed by atoms with Gasteiger partial charge in [-0.2, -0.15) is 0 Å². The van der Waals surface area contributed by atoms with Crippen molar-refractivity contribution in [1.82, 2.24) is 0 Å². The van der Waals surface area contributed by atoms with Crippen LogP contribution in [0.1, 0.15) is 40.5 Å². The number of thioether (sulfide) groups is 1. The van der Waals surface area contributed by atoms with Crippen molar-refractivity contribution in [3.63, 3.8) is 0 Å². The molecule has 0 saturated carbocycles. The molecule has 0 spiro atoms. The summed E-state index contributed by atoms with van der Waals surface area (Å²) in [5, 5.41) is 0. The zero-order chi connectivity index (χ0) is 11.8. The van der Waals surface area contributed by atoms with E-state index in [9.17, 15) is 0 Å². The zero-order valence-corrected chi connectivity index (χ0v) is 11.6. The largest absolute Gasteiger partial charge is 0.134 e. The van der Waals surface area contributed by atoms with Crippen LogP contribution in [-0.2, 0) is 0 Å². The van der Waals surface area contributed by atoms with Crippen molar-refractivity contribution < 1.29 is 0 Å². The lowest BCUT2D eigenvalue weighted by molar-refractivity contribution is 0.692. The molecule has 0 bridgehead atoms. The van der Waals surface area contributed by atoms with Gasteiger partial charge in [-0.25, -0.2) is 0 Å². The van der Waals surface area contributed by atoms with Gasteiger partial charge in [0.15, 0.2) is 0 Å². The summed E-state index contributed by atoms with van der Waals surface area (Å²) in [4.78, 5) is 1.42. The Kier molecular flexibility index (Phi) is 7.59. The summed E-state index contributed by atoms with van der Waals surface area (Å²) in [6.45, 7) is 12.8. The molecule has 0 heterocycles. The van der Waals surface area contributed by atoms with Crippen LogP contribution < -0.4 is 0 Å².